The van der Waals surface area contributed by atoms with Crippen molar-refractivity contribution in [2.45, 2.75) is 13.0 Å². The van der Waals surface area contributed by atoms with Crippen molar-refractivity contribution in [1.82, 2.24) is 4.90 Å². The Morgan fingerprint density at radius 1 is 1.12 bits per heavy atom. The third-order valence-electron chi connectivity index (χ3n) is 4.22. The Bertz CT molecular complexity index is 697. The van der Waals surface area contributed by atoms with Crippen LogP contribution in [0, 0.1) is 6.92 Å². The second kappa shape index (κ2) is 8.03. The Hall–Kier alpha value is -2.53. The summed E-state index contributed by atoms with van der Waals surface area (Å²) in [5.74, 6) is 1.58. The number of carbonyl (C=O) groups excluding carboxylic acids is 1. The number of amides is 1. The van der Waals surface area contributed by atoms with E-state index in [1.54, 1.807) is 7.11 Å². The van der Waals surface area contributed by atoms with Gasteiger partial charge < -0.3 is 19.1 Å². The molecule has 0 saturated carbocycles. The molecule has 0 spiro atoms. The Morgan fingerprint density at radius 2 is 1.80 bits per heavy atom. The zero-order valence-electron chi connectivity index (χ0n) is 14.6. The van der Waals surface area contributed by atoms with Crippen LogP contribution in [-0.2, 0) is 4.74 Å². The number of methoxy groups -OCH3 is 1. The van der Waals surface area contributed by atoms with Crippen molar-refractivity contribution in [2.24, 2.45) is 0 Å². The molecule has 5 heteroatoms. The van der Waals surface area contributed by atoms with Gasteiger partial charge in [0.25, 0.3) is 5.91 Å². The van der Waals surface area contributed by atoms with E-state index in [1.807, 2.05) is 60.4 Å². The summed E-state index contributed by atoms with van der Waals surface area (Å²) < 4.78 is 16.6. The summed E-state index contributed by atoms with van der Waals surface area (Å²) in [6.45, 7) is 4.07. The van der Waals surface area contributed by atoms with E-state index < -0.39 is 0 Å². The predicted molar refractivity (Wildman–Crippen MR) is 95.3 cm³/mol. The van der Waals surface area contributed by atoms with E-state index in [4.69, 9.17) is 14.2 Å². The van der Waals surface area contributed by atoms with Crippen LogP contribution < -0.4 is 9.47 Å². The van der Waals surface area contributed by atoms with Crippen molar-refractivity contribution < 1.29 is 19.0 Å². The first kappa shape index (κ1) is 17.3. The van der Waals surface area contributed by atoms with E-state index in [0.717, 1.165) is 17.1 Å². The number of benzene rings is 2. The van der Waals surface area contributed by atoms with Gasteiger partial charge in [0.05, 0.1) is 20.3 Å². The second-order valence-electron chi connectivity index (χ2n) is 6.10. The molecule has 0 radical (unpaired) electrons. The van der Waals surface area contributed by atoms with E-state index in [-0.39, 0.29) is 12.0 Å². The molecule has 2 aromatic rings. The minimum Gasteiger partial charge on any atom is -0.497 e. The average Bonchev–Trinajstić information content (AvgIpc) is 2.67. The van der Waals surface area contributed by atoms with Crippen molar-refractivity contribution >= 4 is 5.91 Å². The standard InChI is InChI=1S/C20H23NO4/c1-15-3-5-16(6-4-15)20(22)21-11-12-24-19(13-21)14-25-18-9-7-17(23-2)8-10-18/h3-10,19H,11-14H2,1-2H3. The maximum atomic E-state index is 12.6. The van der Waals surface area contributed by atoms with Crippen LogP contribution in [0.5, 0.6) is 11.5 Å². The van der Waals surface area contributed by atoms with Gasteiger partial charge in [-0.05, 0) is 43.3 Å². The van der Waals surface area contributed by atoms with Crippen molar-refractivity contribution in [3.63, 3.8) is 0 Å². The molecule has 1 aliphatic rings. The number of carbonyl (C=O) groups is 1. The van der Waals surface area contributed by atoms with Crippen LogP contribution in [0.3, 0.4) is 0 Å². The summed E-state index contributed by atoms with van der Waals surface area (Å²) in [6.07, 6.45) is -0.134. The number of nitrogens with zero attached hydrogens (tertiary/aromatic N) is 1. The van der Waals surface area contributed by atoms with E-state index in [0.29, 0.717) is 31.9 Å². The molecule has 1 aliphatic heterocycles. The molecule has 2 aromatic carbocycles. The Morgan fingerprint density at radius 3 is 2.48 bits per heavy atom. The van der Waals surface area contributed by atoms with E-state index in [1.165, 1.54) is 0 Å². The fourth-order valence-electron chi connectivity index (χ4n) is 2.74. The van der Waals surface area contributed by atoms with Crippen LogP contribution in [-0.4, -0.2) is 50.3 Å². The van der Waals surface area contributed by atoms with Crippen LogP contribution in [0.4, 0.5) is 0 Å². The van der Waals surface area contributed by atoms with Crippen molar-refractivity contribution in [1.29, 1.82) is 0 Å². The molecule has 1 heterocycles. The van der Waals surface area contributed by atoms with E-state index >= 15 is 0 Å². The zero-order chi connectivity index (χ0) is 17.6. The second-order valence-corrected chi connectivity index (χ2v) is 6.10. The quantitative estimate of drug-likeness (QED) is 0.839. The SMILES string of the molecule is COc1ccc(OCC2CN(C(=O)c3ccc(C)cc3)CCO2)cc1. The predicted octanol–water partition coefficient (Wildman–Crippen LogP) is 2.92. The number of rotatable bonds is 5. The van der Waals surface area contributed by atoms with Crippen LogP contribution in [0.25, 0.3) is 0 Å². The Kier molecular flexibility index (Phi) is 5.56. The molecule has 1 unspecified atom stereocenters. The van der Waals surface area contributed by atoms with Gasteiger partial charge in [-0.2, -0.15) is 0 Å². The lowest BCUT2D eigenvalue weighted by atomic mass is 10.1. The molecule has 25 heavy (non-hydrogen) atoms. The number of hydrogen-bond acceptors (Lipinski definition) is 4. The van der Waals surface area contributed by atoms with Crippen molar-refractivity contribution in [3.05, 3.63) is 59.7 Å². The van der Waals surface area contributed by atoms with Gasteiger partial charge in [-0.1, -0.05) is 17.7 Å². The molecule has 1 amide bonds. The molecule has 0 aromatic heterocycles. The largest absolute Gasteiger partial charge is 0.497 e. The maximum absolute atomic E-state index is 12.6. The summed E-state index contributed by atoms with van der Waals surface area (Å²) in [7, 11) is 1.63. The molecule has 132 valence electrons. The summed E-state index contributed by atoms with van der Waals surface area (Å²) in [5, 5.41) is 0. The van der Waals surface area contributed by atoms with Gasteiger partial charge >= 0.3 is 0 Å². The van der Waals surface area contributed by atoms with Crippen LogP contribution in [0.2, 0.25) is 0 Å². The Balaban J connectivity index is 1.55. The fraction of sp³-hybridized carbons (Fsp3) is 0.350. The Labute approximate surface area is 148 Å². The first-order chi connectivity index (χ1) is 12.2. The number of hydrogen-bond donors (Lipinski definition) is 0. The normalized spacial score (nSPS) is 17.2. The first-order valence-electron chi connectivity index (χ1n) is 8.40. The van der Waals surface area contributed by atoms with Gasteiger partial charge in [0.15, 0.2) is 0 Å². The number of aryl methyl sites for hydroxylation is 1. The highest BCUT2D eigenvalue weighted by Crippen LogP contribution is 2.18. The van der Waals surface area contributed by atoms with Gasteiger partial charge in [0, 0.05) is 12.1 Å². The minimum absolute atomic E-state index is 0.0396. The van der Waals surface area contributed by atoms with Gasteiger partial charge in [-0.3, -0.25) is 4.79 Å². The molecule has 5 nitrogen and oxygen atoms in total. The highest BCUT2D eigenvalue weighted by molar-refractivity contribution is 5.94. The fourth-order valence-corrected chi connectivity index (χ4v) is 2.74. The molecule has 1 saturated heterocycles. The molecule has 3 rings (SSSR count). The van der Waals surface area contributed by atoms with Crippen LogP contribution >= 0.6 is 0 Å². The topological polar surface area (TPSA) is 48.0 Å². The molecule has 0 bridgehead atoms. The molecular formula is C20H23NO4. The van der Waals surface area contributed by atoms with Crippen molar-refractivity contribution in [3.8, 4) is 11.5 Å². The molecule has 1 fully saturated rings. The smallest absolute Gasteiger partial charge is 0.254 e. The lowest BCUT2D eigenvalue weighted by molar-refractivity contribution is -0.0401. The van der Waals surface area contributed by atoms with Crippen LogP contribution in [0.1, 0.15) is 15.9 Å². The number of morpholine rings is 1. The summed E-state index contributed by atoms with van der Waals surface area (Å²) in [5.41, 5.74) is 1.85. The van der Waals surface area contributed by atoms with Gasteiger partial charge in [0.1, 0.15) is 24.2 Å². The highest BCUT2D eigenvalue weighted by atomic mass is 16.5. The van der Waals surface area contributed by atoms with Gasteiger partial charge in [-0.25, -0.2) is 0 Å². The van der Waals surface area contributed by atoms with Gasteiger partial charge in [0.2, 0.25) is 0 Å². The van der Waals surface area contributed by atoms with E-state index in [2.05, 4.69) is 0 Å². The summed E-state index contributed by atoms with van der Waals surface area (Å²) in [4.78, 5) is 14.4. The molecule has 0 aliphatic carbocycles. The average molecular weight is 341 g/mol. The van der Waals surface area contributed by atoms with Crippen LogP contribution in [0.15, 0.2) is 48.5 Å². The highest BCUT2D eigenvalue weighted by Gasteiger charge is 2.25. The van der Waals surface area contributed by atoms with E-state index in [9.17, 15) is 4.79 Å². The van der Waals surface area contributed by atoms with Crippen molar-refractivity contribution in [2.75, 3.05) is 33.4 Å². The maximum Gasteiger partial charge on any atom is 0.254 e. The third kappa shape index (κ3) is 4.51. The number of ether oxygens (including phenoxy) is 3. The molecular weight excluding hydrogens is 318 g/mol. The molecule has 1 atom stereocenters. The summed E-state index contributed by atoms with van der Waals surface area (Å²) >= 11 is 0. The lowest BCUT2D eigenvalue weighted by Crippen LogP contribution is -2.47. The summed E-state index contributed by atoms with van der Waals surface area (Å²) in [6, 6.07) is 15.1. The zero-order valence-corrected chi connectivity index (χ0v) is 14.6. The minimum atomic E-state index is -0.134. The van der Waals surface area contributed by atoms with Gasteiger partial charge in [-0.15, -0.1) is 0 Å². The lowest BCUT2D eigenvalue weighted by Gasteiger charge is -2.33. The first-order valence-corrected chi connectivity index (χ1v) is 8.40. The third-order valence-corrected chi connectivity index (χ3v) is 4.22. The monoisotopic (exact) mass is 341 g/mol. The molecule has 0 N–H and O–H groups in total.